The molecule has 0 saturated carbocycles. The van der Waals surface area contributed by atoms with Gasteiger partial charge in [-0.1, -0.05) is 18.1 Å². The predicted molar refractivity (Wildman–Crippen MR) is 116 cm³/mol. The molecule has 0 aromatic carbocycles. The molecule has 1 saturated heterocycles. The van der Waals surface area contributed by atoms with E-state index in [2.05, 4.69) is 39.9 Å². The Labute approximate surface area is 204 Å². The number of ether oxygens (including phenoxy) is 1. The molecule has 1 aliphatic heterocycles. The van der Waals surface area contributed by atoms with Crippen LogP contribution in [0.2, 0.25) is 0 Å². The maximum Gasteiger partial charge on any atom is 0.490 e. The fourth-order valence-electron chi connectivity index (χ4n) is 3.04. The predicted octanol–water partition coefficient (Wildman–Crippen LogP) is 0.153. The van der Waals surface area contributed by atoms with E-state index in [9.17, 15) is 33.7 Å². The number of nitrogens with one attached hydrogen (secondary N) is 1. The van der Waals surface area contributed by atoms with Gasteiger partial charge in [0, 0.05) is 0 Å². The molecule has 3 rings (SSSR count). The van der Waals surface area contributed by atoms with Crippen molar-refractivity contribution in [1.82, 2.24) is 19.5 Å². The van der Waals surface area contributed by atoms with Crippen molar-refractivity contribution in [3.63, 3.8) is 0 Å². The van der Waals surface area contributed by atoms with Gasteiger partial charge < -0.3 is 39.5 Å². The number of aliphatic hydroxyl groups is 2. The Hall–Kier alpha value is -1.38. The zero-order valence-electron chi connectivity index (χ0n) is 19.4. The van der Waals surface area contributed by atoms with Crippen LogP contribution in [0.4, 0.5) is 0 Å². The summed E-state index contributed by atoms with van der Waals surface area (Å²) in [7, 11) is -17.7. The van der Waals surface area contributed by atoms with Crippen molar-refractivity contribution < 1.29 is 64.1 Å². The Morgan fingerprint density at radius 3 is 2.57 bits per heavy atom. The van der Waals surface area contributed by atoms with Crippen molar-refractivity contribution in [2.24, 2.45) is 0 Å². The normalized spacial score (nSPS) is 29.5. The van der Waals surface area contributed by atoms with Crippen molar-refractivity contribution in [2.45, 2.75) is 37.9 Å². The molecule has 2 aromatic rings. The van der Waals surface area contributed by atoms with Crippen LogP contribution >= 0.6 is 35.7 Å². The molecule has 6 atom stereocenters. The number of hydrogen-bond donors (Lipinski definition) is 7. The van der Waals surface area contributed by atoms with Crippen LogP contribution in [0.5, 0.6) is 0 Å². The smallest absolute Gasteiger partial charge is 0.386 e. The average Bonchev–Trinajstić information content (AvgIpc) is 3.18. The zero-order valence-corrected chi connectivity index (χ0v) is 20.9. The fraction of sp³-hybridized carbons (Fsp3) is 0.500. The standard InChI is InChI=1S/C14H19N4O13P3S/c1-3-4-14(20)10(19)8(5-28-33(24,25)31-34(26,27)30-32(21,22)23)29-13(14)18-6-15-9-11(18)16-7(2)17-12(9)35/h6,8,10,13,19-20H,5H2,1-2H3,(H,24,25)(H,26,27)(H,16,17,35)(H2,21,22,23)/t8-,10+,13-,14?/m1/s1/i5D2. The number of aryl methyl sites for hydroxylation is 1. The highest BCUT2D eigenvalue weighted by Gasteiger charge is 2.56. The minimum Gasteiger partial charge on any atom is -0.386 e. The molecule has 0 bridgehead atoms. The Bertz CT molecular complexity index is 1480. The largest absolute Gasteiger partial charge is 0.490 e. The van der Waals surface area contributed by atoms with E-state index in [0.29, 0.717) is 5.82 Å². The summed E-state index contributed by atoms with van der Waals surface area (Å²) in [6.07, 6.45) is -5.25. The van der Waals surface area contributed by atoms with Gasteiger partial charge in [-0.3, -0.25) is 9.09 Å². The molecule has 3 unspecified atom stereocenters. The zero-order chi connectivity index (χ0) is 28.2. The number of fused-ring (bicyclic) bond motifs is 1. The van der Waals surface area contributed by atoms with Gasteiger partial charge in [0.1, 0.15) is 29.2 Å². The number of phosphoric ester groups is 1. The van der Waals surface area contributed by atoms with Crippen LogP contribution in [0.25, 0.3) is 11.2 Å². The molecule has 7 N–H and O–H groups in total. The fourth-order valence-corrected chi connectivity index (χ4v) is 6.20. The summed E-state index contributed by atoms with van der Waals surface area (Å²) in [6, 6.07) is 0. The minimum atomic E-state index is -6.00. The van der Waals surface area contributed by atoms with Crippen LogP contribution in [0.3, 0.4) is 0 Å². The third-order valence-corrected chi connectivity index (χ3v) is 8.18. The summed E-state index contributed by atoms with van der Waals surface area (Å²) in [5, 5.41) is 22.0. The van der Waals surface area contributed by atoms with E-state index in [-0.39, 0.29) is 15.8 Å². The number of aliphatic hydroxyl groups excluding tert-OH is 1. The average molecular weight is 578 g/mol. The monoisotopic (exact) mass is 578 g/mol. The first kappa shape index (κ1) is 25.3. The lowest BCUT2D eigenvalue weighted by atomic mass is 9.94. The number of aromatic amines is 1. The van der Waals surface area contributed by atoms with Crippen LogP contribution in [0.15, 0.2) is 6.33 Å². The van der Waals surface area contributed by atoms with E-state index < -0.39 is 54.1 Å². The van der Waals surface area contributed by atoms with E-state index in [0.717, 1.165) is 10.9 Å². The van der Waals surface area contributed by atoms with Gasteiger partial charge in [-0.15, -0.1) is 5.92 Å². The summed E-state index contributed by atoms with van der Waals surface area (Å²) in [5.41, 5.74) is -2.32. The highest BCUT2D eigenvalue weighted by molar-refractivity contribution is 7.71. The van der Waals surface area contributed by atoms with Gasteiger partial charge in [0.25, 0.3) is 0 Å². The maximum atomic E-state index is 12.2. The molecule has 2 aromatic heterocycles. The molecule has 3 heterocycles. The lowest BCUT2D eigenvalue weighted by Gasteiger charge is -2.26. The first-order valence-electron chi connectivity index (χ1n) is 9.99. The van der Waals surface area contributed by atoms with Crippen molar-refractivity contribution in [2.75, 3.05) is 6.56 Å². The number of aromatic nitrogens is 4. The first-order chi connectivity index (χ1) is 16.7. The highest BCUT2D eigenvalue weighted by Crippen LogP contribution is 2.66. The number of hydrogen-bond acceptors (Lipinski definition) is 12. The van der Waals surface area contributed by atoms with Gasteiger partial charge in [-0.05, 0) is 13.8 Å². The van der Waals surface area contributed by atoms with Crippen LogP contribution in [-0.2, 0) is 31.6 Å². The lowest BCUT2D eigenvalue weighted by molar-refractivity contribution is -0.0718. The van der Waals surface area contributed by atoms with E-state index in [1.165, 1.54) is 6.92 Å². The number of phosphoric acid groups is 3. The third kappa shape index (κ3) is 6.31. The second-order valence-electron chi connectivity index (χ2n) is 6.83. The Morgan fingerprint density at radius 2 is 1.97 bits per heavy atom. The van der Waals surface area contributed by atoms with E-state index >= 15 is 0 Å². The van der Waals surface area contributed by atoms with Crippen molar-refractivity contribution >= 4 is 46.8 Å². The molecule has 1 aliphatic rings. The number of nitrogens with zero attached hydrogens (tertiary/aromatic N) is 3. The molecule has 17 nitrogen and oxygen atoms in total. The van der Waals surface area contributed by atoms with Gasteiger partial charge in [-0.2, -0.15) is 8.62 Å². The summed E-state index contributed by atoms with van der Waals surface area (Å²) in [6.45, 7) is -0.743. The number of imidazole rings is 1. The molecule has 1 fully saturated rings. The molecule has 0 aliphatic carbocycles. The Morgan fingerprint density at radius 1 is 1.31 bits per heavy atom. The molecular weight excluding hydrogens is 557 g/mol. The summed E-state index contributed by atoms with van der Waals surface area (Å²) in [5.74, 6) is 4.95. The van der Waals surface area contributed by atoms with Crippen LogP contribution in [0.1, 0.15) is 21.7 Å². The second kappa shape index (κ2) is 9.82. The molecular formula is C14H19N4O13P3S. The Balaban J connectivity index is 1.99. The van der Waals surface area contributed by atoms with Crippen LogP contribution in [0, 0.1) is 23.4 Å². The maximum absolute atomic E-state index is 12.2. The second-order valence-corrected chi connectivity index (χ2v) is 11.6. The van der Waals surface area contributed by atoms with E-state index in [1.807, 2.05) is 0 Å². The van der Waals surface area contributed by atoms with Crippen LogP contribution < -0.4 is 0 Å². The molecule has 0 amide bonds. The van der Waals surface area contributed by atoms with Gasteiger partial charge >= 0.3 is 23.5 Å². The number of H-pyrrole nitrogens is 1. The molecule has 35 heavy (non-hydrogen) atoms. The molecule has 0 radical (unpaired) electrons. The Kier molecular flexibility index (Phi) is 7.09. The SMILES string of the molecule is [2H]C([2H])(OP(=O)(O)OP(=O)(O)OP(=O)(O)O)[C@H]1O[C@@H](n2cnc3c(=S)nc(C)[nH]c32)C(O)(C#CC)[C@H]1O. The molecule has 0 spiro atoms. The van der Waals surface area contributed by atoms with Crippen LogP contribution in [-0.4, -0.2) is 73.7 Å². The minimum absolute atomic E-state index is 0.0631. The molecule has 21 heteroatoms. The van der Waals surface area contributed by atoms with E-state index in [4.69, 9.17) is 29.5 Å². The number of rotatable bonds is 8. The summed E-state index contributed by atoms with van der Waals surface area (Å²) in [4.78, 5) is 47.1. The van der Waals surface area contributed by atoms with Gasteiger partial charge in [0.15, 0.2) is 16.5 Å². The summed E-state index contributed by atoms with van der Waals surface area (Å²) >= 11 is 5.14. The summed E-state index contributed by atoms with van der Waals surface area (Å²) < 4.78 is 68.5. The topological polar surface area (TPSA) is 256 Å². The van der Waals surface area contributed by atoms with E-state index in [1.54, 1.807) is 6.92 Å². The molecule has 194 valence electrons. The highest BCUT2D eigenvalue weighted by atomic mass is 32.1. The third-order valence-electron chi connectivity index (χ3n) is 4.23. The van der Waals surface area contributed by atoms with Crippen molar-refractivity contribution in [1.29, 1.82) is 0 Å². The van der Waals surface area contributed by atoms with Gasteiger partial charge in [0.05, 0.1) is 15.6 Å². The van der Waals surface area contributed by atoms with Crippen molar-refractivity contribution in [3.05, 3.63) is 16.8 Å². The first-order valence-corrected chi connectivity index (χ1v) is 13.9. The van der Waals surface area contributed by atoms with Crippen molar-refractivity contribution in [3.8, 4) is 11.8 Å². The quantitative estimate of drug-likeness (QED) is 0.125. The van der Waals surface area contributed by atoms with Gasteiger partial charge in [-0.25, -0.2) is 23.7 Å². The lowest BCUT2D eigenvalue weighted by Crippen LogP contribution is -2.46. The van der Waals surface area contributed by atoms with Gasteiger partial charge in [0.2, 0.25) is 0 Å².